The van der Waals surface area contributed by atoms with E-state index in [0.29, 0.717) is 47.4 Å². The number of hydrogen-bond acceptors (Lipinski definition) is 6. The largest absolute Gasteiger partial charge is 0.481 e. The van der Waals surface area contributed by atoms with Crippen molar-refractivity contribution in [2.24, 2.45) is 5.92 Å². The number of carboxylic acids is 2. The molecule has 4 rings (SSSR count). The van der Waals surface area contributed by atoms with Gasteiger partial charge in [0.05, 0.1) is 16.2 Å². The smallest absolute Gasteiger partial charge is 0.323 e. The van der Waals surface area contributed by atoms with Gasteiger partial charge in [-0.2, -0.15) is 0 Å². The Morgan fingerprint density at radius 2 is 1.94 bits per heavy atom. The molecule has 3 heterocycles. The van der Waals surface area contributed by atoms with Crippen LogP contribution in [-0.2, 0) is 22.4 Å². The molecular formula is C23H26N4O6S. The summed E-state index contributed by atoms with van der Waals surface area (Å²) in [5, 5.41) is 19.5. The van der Waals surface area contributed by atoms with Gasteiger partial charge in [0.25, 0.3) is 11.5 Å². The van der Waals surface area contributed by atoms with Crippen LogP contribution < -0.4 is 5.56 Å². The van der Waals surface area contributed by atoms with Crippen LogP contribution in [0.3, 0.4) is 0 Å². The van der Waals surface area contributed by atoms with Gasteiger partial charge in [-0.15, -0.1) is 11.3 Å². The zero-order chi connectivity index (χ0) is 24.4. The molecule has 0 bridgehead atoms. The van der Waals surface area contributed by atoms with Gasteiger partial charge >= 0.3 is 11.9 Å². The molecule has 180 valence electrons. The lowest BCUT2D eigenvalue weighted by Gasteiger charge is -2.37. The normalized spacial score (nSPS) is 18.1. The summed E-state index contributed by atoms with van der Waals surface area (Å²) in [5.74, 6) is -2.87. The number of fused-ring (bicyclic) bond motifs is 1. The van der Waals surface area contributed by atoms with Gasteiger partial charge in [0.2, 0.25) is 0 Å². The number of nitrogens with one attached hydrogen (secondary N) is 2. The maximum Gasteiger partial charge on any atom is 0.323 e. The molecule has 0 aromatic carbocycles. The summed E-state index contributed by atoms with van der Waals surface area (Å²) in [6.45, 7) is 1.18. The van der Waals surface area contributed by atoms with Crippen molar-refractivity contribution in [3.8, 4) is 0 Å². The fraction of sp³-hybridized carbons (Fsp3) is 0.435. The van der Waals surface area contributed by atoms with E-state index < -0.39 is 36.4 Å². The fourth-order valence-electron chi connectivity index (χ4n) is 4.70. The highest BCUT2D eigenvalue weighted by molar-refractivity contribution is 7.14. The van der Waals surface area contributed by atoms with Gasteiger partial charge in [-0.3, -0.25) is 19.2 Å². The maximum absolute atomic E-state index is 13.3. The second-order valence-electron chi connectivity index (χ2n) is 8.58. The maximum atomic E-state index is 13.3. The molecule has 11 heteroatoms. The number of thiophene rings is 1. The van der Waals surface area contributed by atoms with Gasteiger partial charge in [-0.05, 0) is 50.3 Å². The quantitative estimate of drug-likeness (QED) is 0.381. The van der Waals surface area contributed by atoms with Gasteiger partial charge in [-0.25, -0.2) is 4.98 Å². The third-order valence-electron chi connectivity index (χ3n) is 6.27. The topological polar surface area (TPSA) is 156 Å². The fourth-order valence-corrected chi connectivity index (χ4v) is 5.66. The number of aromatic amines is 2. The first-order chi connectivity index (χ1) is 16.2. The number of aliphatic carboxylic acids is 2. The van der Waals surface area contributed by atoms with E-state index >= 15 is 0 Å². The average molecular weight is 487 g/mol. The minimum absolute atomic E-state index is 0.203. The molecule has 0 saturated heterocycles. The molecule has 10 nitrogen and oxygen atoms in total. The summed E-state index contributed by atoms with van der Waals surface area (Å²) >= 11 is 1.26. The zero-order valence-corrected chi connectivity index (χ0v) is 19.5. The van der Waals surface area contributed by atoms with E-state index in [1.165, 1.54) is 16.2 Å². The third kappa shape index (κ3) is 4.89. The monoisotopic (exact) mass is 486 g/mol. The number of carbonyl (C=O) groups is 3. The van der Waals surface area contributed by atoms with E-state index in [0.717, 1.165) is 23.3 Å². The van der Waals surface area contributed by atoms with Crippen molar-refractivity contribution in [1.29, 1.82) is 0 Å². The third-order valence-corrected chi connectivity index (χ3v) is 7.40. The van der Waals surface area contributed by atoms with Crippen molar-refractivity contribution in [3.63, 3.8) is 0 Å². The minimum atomic E-state index is -1.17. The molecule has 1 saturated carbocycles. The van der Waals surface area contributed by atoms with Crippen LogP contribution in [0.4, 0.5) is 0 Å². The molecule has 34 heavy (non-hydrogen) atoms. The summed E-state index contributed by atoms with van der Waals surface area (Å²) in [4.78, 5) is 61.3. The molecule has 4 N–H and O–H groups in total. The number of aromatic nitrogens is 3. The lowest BCUT2D eigenvalue weighted by molar-refractivity contribution is -0.147. The zero-order valence-electron chi connectivity index (χ0n) is 18.7. The number of rotatable bonds is 8. The van der Waals surface area contributed by atoms with E-state index in [1.54, 1.807) is 19.2 Å². The Morgan fingerprint density at radius 3 is 2.68 bits per heavy atom. The van der Waals surface area contributed by atoms with Gasteiger partial charge in [0.15, 0.2) is 0 Å². The SMILES string of the molecule is Cc1nc2[nH]cc(CCc3ccc(C(=O)N(CC(=O)O)C4CCCCC4C(=O)O)s3)c2c(=O)[nH]1. The lowest BCUT2D eigenvalue weighted by atomic mass is 9.83. The van der Waals surface area contributed by atoms with Crippen molar-refractivity contribution < 1.29 is 24.6 Å². The summed E-state index contributed by atoms with van der Waals surface area (Å²) in [5.41, 5.74) is 1.15. The van der Waals surface area contributed by atoms with E-state index in [9.17, 15) is 29.4 Å². The van der Waals surface area contributed by atoms with Crippen LogP contribution in [0.2, 0.25) is 0 Å². The Kier molecular flexibility index (Phi) is 6.82. The van der Waals surface area contributed by atoms with Gasteiger partial charge < -0.3 is 25.1 Å². The van der Waals surface area contributed by atoms with Crippen molar-refractivity contribution >= 4 is 40.2 Å². The number of carboxylic acid groups (broad SMARTS) is 2. The van der Waals surface area contributed by atoms with Crippen molar-refractivity contribution in [2.45, 2.75) is 51.5 Å². The van der Waals surface area contributed by atoms with Crippen LogP contribution in [0.25, 0.3) is 11.0 Å². The molecule has 3 aromatic rings. The number of amides is 1. The van der Waals surface area contributed by atoms with Crippen molar-refractivity contribution in [2.75, 3.05) is 6.54 Å². The summed E-state index contributed by atoms with van der Waals surface area (Å²) < 4.78 is 0. The predicted octanol–water partition coefficient (Wildman–Crippen LogP) is 2.58. The first-order valence-corrected chi connectivity index (χ1v) is 12.0. The average Bonchev–Trinajstić information content (AvgIpc) is 3.42. The van der Waals surface area contributed by atoms with Crippen LogP contribution in [0.5, 0.6) is 0 Å². The van der Waals surface area contributed by atoms with Crippen LogP contribution >= 0.6 is 11.3 Å². The number of carbonyl (C=O) groups excluding carboxylic acids is 1. The molecule has 2 atom stereocenters. The molecule has 0 spiro atoms. The van der Waals surface area contributed by atoms with Gasteiger partial charge in [0, 0.05) is 17.1 Å². The second kappa shape index (κ2) is 9.80. The highest BCUT2D eigenvalue weighted by Crippen LogP contribution is 2.31. The first kappa shape index (κ1) is 23.7. The van der Waals surface area contributed by atoms with E-state index in [4.69, 9.17) is 0 Å². The van der Waals surface area contributed by atoms with E-state index in [1.807, 2.05) is 6.07 Å². The summed E-state index contributed by atoms with van der Waals surface area (Å²) in [6, 6.07) is 2.82. The van der Waals surface area contributed by atoms with Crippen molar-refractivity contribution in [1.82, 2.24) is 19.9 Å². The first-order valence-electron chi connectivity index (χ1n) is 11.2. The molecule has 1 fully saturated rings. The number of hydrogen-bond donors (Lipinski definition) is 4. The Labute approximate surface area is 198 Å². The Bertz CT molecular complexity index is 1290. The van der Waals surface area contributed by atoms with Crippen LogP contribution in [0, 0.1) is 12.8 Å². The lowest BCUT2D eigenvalue weighted by Crippen LogP contribution is -2.50. The molecular weight excluding hydrogens is 460 g/mol. The highest BCUT2D eigenvalue weighted by Gasteiger charge is 2.38. The van der Waals surface area contributed by atoms with E-state index in [2.05, 4.69) is 15.0 Å². The standard InChI is InChI=1S/C23H26N4O6S/c1-12-25-20-19(21(30)26-12)13(10-24-20)6-7-14-8-9-17(34-14)22(31)27(11-18(28)29)16-5-3-2-4-15(16)23(32)33/h8-10,15-16H,2-7,11H2,1H3,(H,28,29)(H,32,33)(H2,24,25,26,30). The number of aryl methyl sites for hydroxylation is 3. The molecule has 0 aliphatic heterocycles. The molecule has 1 aliphatic rings. The Morgan fingerprint density at radius 1 is 1.18 bits per heavy atom. The van der Waals surface area contributed by atoms with Gasteiger partial charge in [-0.1, -0.05) is 12.8 Å². The summed E-state index contributed by atoms with van der Waals surface area (Å²) in [7, 11) is 0. The number of nitrogens with zero attached hydrogens (tertiary/aromatic N) is 2. The Balaban J connectivity index is 1.51. The number of H-pyrrole nitrogens is 2. The molecule has 0 radical (unpaired) electrons. The van der Waals surface area contributed by atoms with Crippen LogP contribution in [-0.4, -0.2) is 60.5 Å². The molecule has 1 amide bonds. The second-order valence-corrected chi connectivity index (χ2v) is 9.75. The van der Waals surface area contributed by atoms with Crippen LogP contribution in [0.1, 0.15) is 51.6 Å². The van der Waals surface area contributed by atoms with Crippen molar-refractivity contribution in [3.05, 3.63) is 49.8 Å². The predicted molar refractivity (Wildman–Crippen MR) is 125 cm³/mol. The Hall–Kier alpha value is -3.47. The molecule has 2 unspecified atom stereocenters. The summed E-state index contributed by atoms with van der Waals surface area (Å²) in [6.07, 6.45) is 5.30. The van der Waals surface area contributed by atoms with E-state index in [-0.39, 0.29) is 5.56 Å². The molecule has 1 aliphatic carbocycles. The highest BCUT2D eigenvalue weighted by atomic mass is 32.1. The van der Waals surface area contributed by atoms with Crippen LogP contribution in [0.15, 0.2) is 23.1 Å². The molecule has 3 aromatic heterocycles. The minimum Gasteiger partial charge on any atom is -0.481 e. The van der Waals surface area contributed by atoms with Gasteiger partial charge in [0.1, 0.15) is 18.0 Å².